The number of carbonyl (C=O) groups is 2. The highest BCUT2D eigenvalue weighted by Crippen LogP contribution is 2.25. The van der Waals surface area contributed by atoms with Crippen LogP contribution in [0.4, 0.5) is 4.39 Å². The van der Waals surface area contributed by atoms with Crippen molar-refractivity contribution >= 4 is 11.8 Å². The lowest BCUT2D eigenvalue weighted by molar-refractivity contribution is -0.135. The van der Waals surface area contributed by atoms with Gasteiger partial charge in [0, 0.05) is 43.7 Å². The first kappa shape index (κ1) is 26.6. The van der Waals surface area contributed by atoms with Crippen LogP contribution >= 0.6 is 0 Å². The Kier molecular flexibility index (Phi) is 9.49. The molecule has 3 aromatic rings. The highest BCUT2D eigenvalue weighted by atomic mass is 19.1. The zero-order chi connectivity index (χ0) is 26.0. The molecule has 4 rings (SSSR count). The maximum absolute atomic E-state index is 13.8. The predicted molar refractivity (Wildman–Crippen MR) is 142 cm³/mol. The Bertz CT molecular complexity index is 1140. The Labute approximate surface area is 218 Å². The molecule has 2 aromatic carbocycles. The summed E-state index contributed by atoms with van der Waals surface area (Å²) in [6.07, 6.45) is 7.31. The third-order valence-electron chi connectivity index (χ3n) is 7.06. The highest BCUT2D eigenvalue weighted by Gasteiger charge is 2.29. The Morgan fingerprint density at radius 2 is 1.70 bits per heavy atom. The van der Waals surface area contributed by atoms with Crippen LogP contribution in [0, 0.1) is 5.82 Å². The quantitative estimate of drug-likeness (QED) is 0.363. The number of benzene rings is 2. The van der Waals surface area contributed by atoms with Crippen molar-refractivity contribution in [3.8, 4) is 0 Å². The number of hydrogen-bond acceptors (Lipinski definition) is 3. The van der Waals surface area contributed by atoms with E-state index in [1.54, 1.807) is 36.3 Å². The molecule has 0 bridgehead atoms. The van der Waals surface area contributed by atoms with E-state index in [-0.39, 0.29) is 30.2 Å². The van der Waals surface area contributed by atoms with Crippen LogP contribution < -0.4 is 0 Å². The molecule has 0 spiro atoms. The number of amides is 2. The smallest absolute Gasteiger partial charge is 0.254 e. The largest absolute Gasteiger partial charge is 0.383 e. The molecule has 37 heavy (non-hydrogen) atoms. The van der Waals surface area contributed by atoms with E-state index >= 15 is 0 Å². The van der Waals surface area contributed by atoms with Crippen LogP contribution in [0.1, 0.15) is 53.7 Å². The van der Waals surface area contributed by atoms with Crippen LogP contribution in [0.2, 0.25) is 0 Å². The van der Waals surface area contributed by atoms with Gasteiger partial charge in [-0.2, -0.15) is 0 Å². The molecule has 1 saturated carbocycles. The van der Waals surface area contributed by atoms with E-state index in [0.29, 0.717) is 31.8 Å². The van der Waals surface area contributed by atoms with Crippen LogP contribution in [0.5, 0.6) is 0 Å². The normalized spacial score (nSPS) is 13.9. The molecule has 0 N–H and O–H groups in total. The van der Waals surface area contributed by atoms with Crippen molar-refractivity contribution in [1.29, 1.82) is 0 Å². The monoisotopic (exact) mass is 505 g/mol. The molecule has 7 heteroatoms. The summed E-state index contributed by atoms with van der Waals surface area (Å²) in [7, 11) is 1.59. The summed E-state index contributed by atoms with van der Waals surface area (Å²) in [5.41, 5.74) is 2.57. The Morgan fingerprint density at radius 3 is 2.41 bits per heavy atom. The first-order valence-electron chi connectivity index (χ1n) is 13.1. The third-order valence-corrected chi connectivity index (χ3v) is 7.06. The van der Waals surface area contributed by atoms with E-state index in [1.165, 1.54) is 18.6 Å². The van der Waals surface area contributed by atoms with Gasteiger partial charge in [-0.25, -0.2) is 4.39 Å². The summed E-state index contributed by atoms with van der Waals surface area (Å²) in [6, 6.07) is 19.7. The van der Waals surface area contributed by atoms with Crippen molar-refractivity contribution in [2.75, 3.05) is 26.8 Å². The maximum Gasteiger partial charge on any atom is 0.254 e. The van der Waals surface area contributed by atoms with Gasteiger partial charge in [0.25, 0.3) is 5.91 Å². The summed E-state index contributed by atoms with van der Waals surface area (Å²) in [6.45, 7) is 1.77. The minimum Gasteiger partial charge on any atom is -0.383 e. The molecular weight excluding hydrogens is 469 g/mol. The van der Waals surface area contributed by atoms with Gasteiger partial charge in [0.15, 0.2) is 0 Å². The van der Waals surface area contributed by atoms with E-state index in [4.69, 9.17) is 4.74 Å². The molecule has 1 aliphatic carbocycles. The van der Waals surface area contributed by atoms with Gasteiger partial charge in [-0.05, 0) is 54.8 Å². The number of aromatic nitrogens is 1. The standard InChI is InChI=1S/C30H36FN3O3/c1-37-20-19-33(30(36)25-9-4-2-5-10-25)23-29(35)34(27-11-6-3-7-12-27)22-28-13-8-18-32(28)21-24-14-16-26(31)17-15-24/h2,4-5,8-10,13-18,27H,3,6-7,11-12,19-23H2,1H3. The van der Waals surface area contributed by atoms with Crippen LogP contribution in [-0.4, -0.2) is 59.0 Å². The van der Waals surface area contributed by atoms with E-state index in [0.717, 1.165) is 36.9 Å². The van der Waals surface area contributed by atoms with Crippen LogP contribution in [0.3, 0.4) is 0 Å². The predicted octanol–water partition coefficient (Wildman–Crippen LogP) is 5.13. The maximum atomic E-state index is 13.8. The average molecular weight is 506 g/mol. The molecule has 1 aliphatic rings. The van der Waals surface area contributed by atoms with Crippen molar-refractivity contribution in [1.82, 2.24) is 14.4 Å². The molecule has 0 radical (unpaired) electrons. The molecule has 0 unspecified atom stereocenters. The minimum atomic E-state index is -0.256. The van der Waals surface area contributed by atoms with Gasteiger partial charge >= 0.3 is 0 Å². The fourth-order valence-electron chi connectivity index (χ4n) is 4.99. The van der Waals surface area contributed by atoms with Gasteiger partial charge in [0.05, 0.1) is 13.2 Å². The van der Waals surface area contributed by atoms with E-state index in [2.05, 4.69) is 4.57 Å². The minimum absolute atomic E-state index is 0.00621. The van der Waals surface area contributed by atoms with Gasteiger partial charge in [-0.3, -0.25) is 9.59 Å². The van der Waals surface area contributed by atoms with E-state index in [9.17, 15) is 14.0 Å². The van der Waals surface area contributed by atoms with Crippen LogP contribution in [0.15, 0.2) is 72.9 Å². The Morgan fingerprint density at radius 1 is 0.973 bits per heavy atom. The van der Waals surface area contributed by atoms with Gasteiger partial charge in [-0.15, -0.1) is 0 Å². The lowest BCUT2D eigenvalue weighted by atomic mass is 9.94. The zero-order valence-electron chi connectivity index (χ0n) is 21.5. The number of methoxy groups -OCH3 is 1. The molecule has 2 amide bonds. The molecule has 196 valence electrons. The number of ether oxygens (including phenoxy) is 1. The Balaban J connectivity index is 1.53. The van der Waals surface area contributed by atoms with E-state index in [1.807, 2.05) is 41.4 Å². The SMILES string of the molecule is COCCN(CC(=O)N(Cc1cccn1Cc1ccc(F)cc1)C1CCCCC1)C(=O)c1ccccc1. The molecular formula is C30H36FN3O3. The number of halogens is 1. The van der Waals surface area contributed by atoms with Gasteiger partial charge < -0.3 is 19.1 Å². The number of carbonyl (C=O) groups excluding carboxylic acids is 2. The zero-order valence-corrected chi connectivity index (χ0v) is 21.5. The van der Waals surface area contributed by atoms with E-state index < -0.39 is 0 Å². The van der Waals surface area contributed by atoms with Crippen molar-refractivity contribution in [3.05, 3.63) is 95.6 Å². The molecule has 0 saturated heterocycles. The van der Waals surface area contributed by atoms with Crippen molar-refractivity contribution in [2.45, 2.75) is 51.2 Å². The molecule has 1 aromatic heterocycles. The van der Waals surface area contributed by atoms with Crippen molar-refractivity contribution in [3.63, 3.8) is 0 Å². The fraction of sp³-hybridized carbons (Fsp3) is 0.400. The first-order chi connectivity index (χ1) is 18.0. The highest BCUT2D eigenvalue weighted by molar-refractivity contribution is 5.96. The lowest BCUT2D eigenvalue weighted by Crippen LogP contribution is -2.48. The topological polar surface area (TPSA) is 54.8 Å². The molecule has 0 aliphatic heterocycles. The van der Waals surface area contributed by atoms with Gasteiger partial charge in [0.2, 0.25) is 5.91 Å². The van der Waals surface area contributed by atoms with Crippen molar-refractivity contribution in [2.24, 2.45) is 0 Å². The molecule has 1 fully saturated rings. The van der Waals surface area contributed by atoms with Crippen molar-refractivity contribution < 1.29 is 18.7 Å². The van der Waals surface area contributed by atoms with Crippen LogP contribution in [-0.2, 0) is 22.6 Å². The van der Waals surface area contributed by atoms with Gasteiger partial charge in [-0.1, -0.05) is 49.6 Å². The lowest BCUT2D eigenvalue weighted by Gasteiger charge is -2.36. The van der Waals surface area contributed by atoms with Gasteiger partial charge in [0.1, 0.15) is 12.4 Å². The summed E-state index contributed by atoms with van der Waals surface area (Å²) in [5.74, 6) is -0.482. The molecule has 6 nitrogen and oxygen atoms in total. The first-order valence-corrected chi connectivity index (χ1v) is 13.1. The summed E-state index contributed by atoms with van der Waals surface area (Å²) < 4.78 is 20.7. The number of rotatable bonds is 11. The number of hydrogen-bond donors (Lipinski definition) is 0. The second-order valence-corrected chi connectivity index (χ2v) is 9.65. The Hall–Kier alpha value is -3.45. The number of nitrogens with zero attached hydrogens (tertiary/aromatic N) is 3. The molecule has 1 heterocycles. The summed E-state index contributed by atoms with van der Waals surface area (Å²) in [5, 5.41) is 0. The van der Waals surface area contributed by atoms with Crippen LogP contribution in [0.25, 0.3) is 0 Å². The fourth-order valence-corrected chi connectivity index (χ4v) is 4.99. The third kappa shape index (κ3) is 7.29. The summed E-state index contributed by atoms with van der Waals surface area (Å²) >= 11 is 0. The average Bonchev–Trinajstić information content (AvgIpc) is 3.37. The second kappa shape index (κ2) is 13.2. The molecule has 0 atom stereocenters. The second-order valence-electron chi connectivity index (χ2n) is 9.65. The summed E-state index contributed by atoms with van der Waals surface area (Å²) in [4.78, 5) is 30.6.